The van der Waals surface area contributed by atoms with Gasteiger partial charge in [0.1, 0.15) is 90.1 Å². The molecule has 0 saturated heterocycles. The van der Waals surface area contributed by atoms with Crippen LogP contribution < -0.4 is 29.6 Å². The van der Waals surface area contributed by atoms with Crippen molar-refractivity contribution in [2.24, 2.45) is 40.9 Å². The molecule has 35 nitrogen and oxygen atoms in total. The molecule has 0 aliphatic rings. The molecular weight excluding hydrogens is 1560 g/mol. The fourth-order valence-corrected chi connectivity index (χ4v) is 11.8. The summed E-state index contributed by atoms with van der Waals surface area (Å²) in [6, 6.07) is 46.2. The van der Waals surface area contributed by atoms with Crippen molar-refractivity contribution in [1.29, 1.82) is 0 Å². The van der Waals surface area contributed by atoms with Gasteiger partial charge in [-0.3, -0.25) is 40.5 Å². The zero-order valence-electron chi connectivity index (χ0n) is 55.6. The molecule has 0 bridgehead atoms. The minimum Gasteiger partial charge on any atom is -0.744 e. The van der Waals surface area contributed by atoms with E-state index in [0.717, 1.165) is 46.4 Å². The maximum Gasteiger partial charge on any atom is 1.00 e. The zero-order valence-corrected chi connectivity index (χ0v) is 62.6. The summed E-state index contributed by atoms with van der Waals surface area (Å²) in [7, 11) is -11.8. The third-order valence-corrected chi connectivity index (χ3v) is 18.0. The third-order valence-electron chi connectivity index (χ3n) is 14.9. The summed E-state index contributed by atoms with van der Waals surface area (Å²) in [4.78, 5) is 39.5. The van der Waals surface area contributed by atoms with Crippen LogP contribution in [0.2, 0.25) is 0 Å². The van der Waals surface area contributed by atoms with E-state index in [1.165, 1.54) is 78.9 Å². The van der Waals surface area contributed by atoms with Gasteiger partial charge in [-0.2, -0.15) is 0 Å². The van der Waals surface area contributed by atoms with Gasteiger partial charge in [0, 0.05) is 92.4 Å². The summed E-state index contributed by atoms with van der Waals surface area (Å²) in [5, 5.41) is 159. The Bertz CT molecular complexity index is 5910. The number of sulfone groups is 2. The molecule has 0 atom stereocenters. The molecular formula is C67H49Cr2N12NaO23S3. The Morgan fingerprint density at radius 3 is 1.01 bits per heavy atom. The summed E-state index contributed by atoms with van der Waals surface area (Å²) in [5.74, 6) is -3.33. The average Bonchev–Trinajstić information content (AvgIpc) is 0.769. The van der Waals surface area contributed by atoms with Crippen molar-refractivity contribution in [3.8, 4) is 46.0 Å². The zero-order chi connectivity index (χ0) is 76.6. The Balaban J connectivity index is 0.000000224. The molecule has 0 heterocycles. The van der Waals surface area contributed by atoms with E-state index < -0.39 is 106 Å². The van der Waals surface area contributed by atoms with Crippen molar-refractivity contribution >= 4 is 141 Å². The number of rotatable bonds is 15. The van der Waals surface area contributed by atoms with Gasteiger partial charge < -0.3 is 45.4 Å². The topological polar surface area (TPSA) is 559 Å². The molecule has 0 aliphatic heterocycles. The third kappa shape index (κ3) is 19.9. The van der Waals surface area contributed by atoms with Crippen molar-refractivity contribution in [3.05, 3.63) is 240 Å². The van der Waals surface area contributed by atoms with Gasteiger partial charge in [-0.1, -0.05) is 109 Å². The first-order valence-corrected chi connectivity index (χ1v) is 34.6. The molecule has 41 heteroatoms. The first-order chi connectivity index (χ1) is 49.5. The van der Waals surface area contributed by atoms with Crippen molar-refractivity contribution in [3.63, 3.8) is 0 Å². The van der Waals surface area contributed by atoms with Crippen molar-refractivity contribution < 1.29 is 155 Å². The number of phenols is 8. The molecule has 0 radical (unpaired) electrons. The van der Waals surface area contributed by atoms with Gasteiger partial charge in [-0.25, -0.2) is 25.3 Å². The maximum absolute atomic E-state index is 11.6. The Hall–Kier alpha value is -12.0. The first-order valence-electron chi connectivity index (χ1n) is 29.4. The SMILES string of the molecule is CS(=O)(=O)c1ccc(O)c(N=Nc2c(O)ccc3ccccc23)c1.CS(=O)(=O)c1ccc(O)c(N=Nc2c(O)ccc3ccccc23)c1.Cc1cc(O)c(N=Nc2cc([N+](=O)[O-])cc([N+](=O)[O-])c2O)c2ccccc12.O=[N+]([O-])c1cc(N=Nc2c(O)cc(S(=O)(=O)[O-])c3ccccc23)c(O)c([N+](=O)[O-])c1.[Cr].[Cr].[Na+]. The number of nitro groups is 4. The Morgan fingerprint density at radius 2 is 0.648 bits per heavy atom. The molecule has 0 spiro atoms. The smallest absolute Gasteiger partial charge is 0.744 e. The average molecular weight is 1610 g/mol. The van der Waals surface area contributed by atoms with E-state index in [-0.39, 0.29) is 148 Å². The van der Waals surface area contributed by atoms with Crippen LogP contribution in [0, 0.1) is 47.4 Å². The van der Waals surface area contributed by atoms with Crippen molar-refractivity contribution in [2.45, 2.75) is 21.6 Å². The fraction of sp³-hybridized carbons (Fsp3) is 0.0448. The molecule has 0 fully saturated rings. The van der Waals surface area contributed by atoms with E-state index in [4.69, 9.17) is 0 Å². The van der Waals surface area contributed by atoms with Crippen LogP contribution in [0.3, 0.4) is 0 Å². The van der Waals surface area contributed by atoms with Gasteiger partial charge in [0.2, 0.25) is 11.5 Å². The van der Waals surface area contributed by atoms with E-state index in [1.54, 1.807) is 43.3 Å². The number of hydrogen-bond acceptors (Lipinski definition) is 31. The van der Waals surface area contributed by atoms with Gasteiger partial charge in [-0.05, 0) is 83.2 Å². The monoisotopic (exact) mass is 1610 g/mol. The summed E-state index contributed by atoms with van der Waals surface area (Å²) >= 11 is 0. The summed E-state index contributed by atoms with van der Waals surface area (Å²) in [6.07, 6.45) is 2.13. The Morgan fingerprint density at radius 1 is 0.333 bits per heavy atom. The van der Waals surface area contributed by atoms with Gasteiger partial charge in [0.25, 0.3) is 11.4 Å². The van der Waals surface area contributed by atoms with Crippen LogP contribution in [0.4, 0.5) is 68.2 Å². The number of nitro benzene ring substituents is 4. The number of aryl methyl sites for hydroxylation is 1. The summed E-state index contributed by atoms with van der Waals surface area (Å²) in [5.41, 5.74) is -3.25. The van der Waals surface area contributed by atoms with E-state index >= 15 is 0 Å². The van der Waals surface area contributed by atoms with Gasteiger partial charge in [0.05, 0.1) is 46.5 Å². The Kier molecular flexibility index (Phi) is 27.8. The predicted octanol–water partition coefficient (Wildman–Crippen LogP) is 13.3. The standard InChI is InChI=1S/C17H12N4O6.2C17H14N2O4S.C16H10N4O9S.2Cr.Na/c1-9-6-15(22)16(12-5-3-2-4-11(9)12)19-18-13-7-10(20(24)25)8-14(17(13)23)21(26)27;2*1-24(22,23)12-7-9-15(20)14(10-12)18-19-17-13-5-3-2-4-11(13)6-8-16(17)21;21-13-7-14(30(27,28)29)9-3-1-2-4-10(9)15(13)18-17-11-5-8(19(23)24)6-12(16(11)22)20(25)26;;;/h2-8,22-23H,1H3;2*2-10,20-21H,1H3;1-7,21-22H,(H,27,28,29);;;/q;;;;;;+1/p-1. The minimum atomic E-state index is -4.95. The molecule has 108 heavy (non-hydrogen) atoms. The largest absolute Gasteiger partial charge is 1.00 e. The second kappa shape index (κ2) is 35.4. The minimum absolute atomic E-state index is 0. The van der Waals surface area contributed by atoms with E-state index in [0.29, 0.717) is 34.4 Å². The van der Waals surface area contributed by atoms with Crippen molar-refractivity contribution in [2.75, 3.05) is 12.5 Å². The number of benzene rings is 12. The molecule has 546 valence electrons. The van der Waals surface area contributed by atoms with Gasteiger partial charge >= 0.3 is 40.9 Å². The number of aromatic hydroxyl groups is 8. The number of fused-ring (bicyclic) bond motifs is 4. The fourth-order valence-electron chi connectivity index (χ4n) is 9.81. The molecule has 12 aromatic rings. The van der Waals surface area contributed by atoms with E-state index in [2.05, 4.69) is 40.9 Å². The molecule has 0 saturated carbocycles. The molecule has 0 unspecified atom stereocenters. The number of azo groups is 4. The van der Waals surface area contributed by atoms with E-state index in [1.807, 2.05) is 48.5 Å². The van der Waals surface area contributed by atoms with Crippen LogP contribution in [0.25, 0.3) is 43.1 Å². The van der Waals surface area contributed by atoms with Crippen LogP contribution in [-0.2, 0) is 64.5 Å². The Labute approximate surface area is 651 Å². The van der Waals surface area contributed by atoms with Crippen LogP contribution in [0.1, 0.15) is 5.56 Å². The van der Waals surface area contributed by atoms with Gasteiger partial charge in [0.15, 0.2) is 19.7 Å². The second-order valence-electron chi connectivity index (χ2n) is 22.0. The van der Waals surface area contributed by atoms with Crippen LogP contribution in [0.15, 0.2) is 250 Å². The van der Waals surface area contributed by atoms with Crippen LogP contribution >= 0.6 is 0 Å². The number of phenolic OH excluding ortho intramolecular Hbond substituents is 8. The molecule has 8 N–H and O–H groups in total. The predicted molar refractivity (Wildman–Crippen MR) is 377 cm³/mol. The van der Waals surface area contributed by atoms with Crippen LogP contribution in [0.5, 0.6) is 46.0 Å². The molecule has 12 aromatic carbocycles. The first kappa shape index (κ1) is 84.9. The summed E-state index contributed by atoms with van der Waals surface area (Å²) < 4.78 is 80.8. The quantitative estimate of drug-likeness (QED) is 0.0155. The van der Waals surface area contributed by atoms with E-state index in [9.17, 15) is 111 Å². The summed E-state index contributed by atoms with van der Waals surface area (Å²) in [6.45, 7) is 1.80. The second-order valence-corrected chi connectivity index (χ2v) is 27.4. The number of hydrogen-bond donors (Lipinski definition) is 8. The number of nitrogens with zero attached hydrogens (tertiary/aromatic N) is 12. The number of non-ortho nitro benzene ring substituents is 2. The molecule has 0 aliphatic carbocycles. The van der Waals surface area contributed by atoms with Gasteiger partial charge in [-0.15, -0.1) is 40.9 Å². The molecule has 12 rings (SSSR count). The normalized spacial score (nSPS) is 11.4. The van der Waals surface area contributed by atoms with Crippen LogP contribution in [-0.4, -0.2) is 103 Å². The molecule has 0 aromatic heterocycles. The molecule has 0 amide bonds. The van der Waals surface area contributed by atoms with Crippen molar-refractivity contribution in [1.82, 2.24) is 0 Å². The maximum atomic E-state index is 11.6.